The van der Waals surface area contributed by atoms with Crippen molar-refractivity contribution in [3.05, 3.63) is 41.7 Å². The van der Waals surface area contributed by atoms with Gasteiger partial charge in [-0.25, -0.2) is 8.42 Å². The van der Waals surface area contributed by atoms with Crippen LogP contribution in [0, 0.1) is 0 Å². The molecule has 0 saturated heterocycles. The molecule has 20 heavy (non-hydrogen) atoms. The summed E-state index contributed by atoms with van der Waals surface area (Å²) in [6.45, 7) is 3.65. The minimum atomic E-state index is -3.19. The molecule has 0 fully saturated rings. The maximum Gasteiger partial charge on any atom is 0.175 e. The summed E-state index contributed by atoms with van der Waals surface area (Å²) < 4.78 is 29.0. The molecule has 1 N–H and O–H groups in total. The zero-order valence-corrected chi connectivity index (χ0v) is 12.7. The van der Waals surface area contributed by atoms with Crippen molar-refractivity contribution >= 4 is 9.84 Å². The van der Waals surface area contributed by atoms with Crippen LogP contribution in [0.2, 0.25) is 0 Å². The maximum absolute atomic E-state index is 11.7. The maximum atomic E-state index is 11.7. The molecule has 1 aliphatic rings. The molecule has 4 nitrogen and oxygen atoms in total. The Kier molecular flexibility index (Phi) is 4.83. The predicted molar refractivity (Wildman–Crippen MR) is 79.2 cm³/mol. The summed E-state index contributed by atoms with van der Waals surface area (Å²) in [5.41, 5.74) is 0.925. The lowest BCUT2D eigenvalue weighted by Gasteiger charge is -2.20. The summed E-state index contributed by atoms with van der Waals surface area (Å²) in [6, 6.07) is 7.00. The van der Waals surface area contributed by atoms with Crippen LogP contribution in [0.25, 0.3) is 0 Å². The Morgan fingerprint density at radius 3 is 2.80 bits per heavy atom. The molecule has 0 spiro atoms. The van der Waals surface area contributed by atoms with Crippen molar-refractivity contribution in [3.63, 3.8) is 0 Å². The van der Waals surface area contributed by atoms with Crippen LogP contribution in [-0.2, 0) is 14.6 Å². The first kappa shape index (κ1) is 15.1. The predicted octanol–water partition coefficient (Wildman–Crippen LogP) is 2.44. The van der Waals surface area contributed by atoms with E-state index >= 15 is 0 Å². The van der Waals surface area contributed by atoms with Crippen LogP contribution in [0.4, 0.5) is 0 Å². The number of benzene rings is 1. The Balaban J connectivity index is 2.33. The van der Waals surface area contributed by atoms with Gasteiger partial charge in [-0.05, 0) is 36.7 Å². The van der Waals surface area contributed by atoms with E-state index in [0.29, 0.717) is 11.5 Å². The van der Waals surface area contributed by atoms with Crippen LogP contribution >= 0.6 is 0 Å². The number of hydrogen-bond donors (Lipinski definition) is 1. The number of hydrogen-bond acceptors (Lipinski definition) is 4. The standard InChI is InChI=1S/C15H21NO3S/c1-3-9-16-15(14-8-5-10-19-14)12-6-4-7-13(11-12)20(2,17)18/h4,6-8,11,15-16H,3,5,9-10H2,1-2H3. The minimum Gasteiger partial charge on any atom is -0.496 e. The summed E-state index contributed by atoms with van der Waals surface area (Å²) >= 11 is 0. The second-order valence-electron chi connectivity index (χ2n) is 4.98. The SMILES string of the molecule is CCCNC(C1=CCCO1)c1cccc(S(C)(=O)=O)c1. The highest BCUT2D eigenvalue weighted by atomic mass is 32.2. The van der Waals surface area contributed by atoms with Crippen LogP contribution in [0.1, 0.15) is 31.4 Å². The molecule has 2 rings (SSSR count). The lowest BCUT2D eigenvalue weighted by Crippen LogP contribution is -2.24. The second-order valence-corrected chi connectivity index (χ2v) is 6.99. The average Bonchev–Trinajstić information content (AvgIpc) is 2.92. The van der Waals surface area contributed by atoms with Gasteiger partial charge in [-0.3, -0.25) is 0 Å². The highest BCUT2D eigenvalue weighted by molar-refractivity contribution is 7.90. The van der Waals surface area contributed by atoms with Gasteiger partial charge in [0.1, 0.15) is 5.76 Å². The Hall–Kier alpha value is -1.33. The van der Waals surface area contributed by atoms with Crippen molar-refractivity contribution < 1.29 is 13.2 Å². The van der Waals surface area contributed by atoms with Gasteiger partial charge in [-0.2, -0.15) is 0 Å². The average molecular weight is 295 g/mol. The second kappa shape index (κ2) is 6.41. The zero-order valence-electron chi connectivity index (χ0n) is 11.9. The molecule has 0 amide bonds. The van der Waals surface area contributed by atoms with Crippen LogP contribution in [0.5, 0.6) is 0 Å². The number of rotatable bonds is 6. The highest BCUT2D eigenvalue weighted by Crippen LogP contribution is 2.28. The van der Waals surface area contributed by atoms with E-state index in [1.807, 2.05) is 6.07 Å². The summed E-state index contributed by atoms with van der Waals surface area (Å²) in [5, 5.41) is 3.42. The molecule has 1 aliphatic heterocycles. The molecule has 0 aliphatic carbocycles. The van der Waals surface area contributed by atoms with E-state index in [2.05, 4.69) is 18.3 Å². The minimum absolute atomic E-state index is 0.0702. The van der Waals surface area contributed by atoms with Crippen molar-refractivity contribution in [1.82, 2.24) is 5.32 Å². The van der Waals surface area contributed by atoms with Gasteiger partial charge in [0.15, 0.2) is 9.84 Å². The lowest BCUT2D eigenvalue weighted by atomic mass is 10.0. The quantitative estimate of drug-likeness (QED) is 0.876. The molecule has 110 valence electrons. The van der Waals surface area contributed by atoms with Gasteiger partial charge >= 0.3 is 0 Å². The smallest absolute Gasteiger partial charge is 0.175 e. The highest BCUT2D eigenvalue weighted by Gasteiger charge is 2.21. The summed E-state index contributed by atoms with van der Waals surface area (Å²) in [7, 11) is -3.19. The van der Waals surface area contributed by atoms with Gasteiger partial charge in [0.05, 0.1) is 17.5 Å². The van der Waals surface area contributed by atoms with E-state index in [-0.39, 0.29) is 6.04 Å². The van der Waals surface area contributed by atoms with Crippen LogP contribution in [-0.4, -0.2) is 27.8 Å². The van der Waals surface area contributed by atoms with Gasteiger partial charge in [-0.15, -0.1) is 0 Å². The molecule has 1 aromatic rings. The van der Waals surface area contributed by atoms with Crippen molar-refractivity contribution in [2.45, 2.75) is 30.7 Å². The van der Waals surface area contributed by atoms with Crippen molar-refractivity contribution in [2.75, 3.05) is 19.4 Å². The molecule has 0 saturated carbocycles. The first-order chi connectivity index (χ1) is 9.52. The fourth-order valence-electron chi connectivity index (χ4n) is 2.23. The Labute approximate surface area is 120 Å². The molecule has 0 aromatic heterocycles. The molecule has 1 heterocycles. The van der Waals surface area contributed by atoms with Gasteiger partial charge in [0, 0.05) is 12.7 Å². The lowest BCUT2D eigenvalue weighted by molar-refractivity contribution is 0.215. The van der Waals surface area contributed by atoms with E-state index < -0.39 is 9.84 Å². The van der Waals surface area contributed by atoms with E-state index in [1.54, 1.807) is 18.2 Å². The first-order valence-corrected chi connectivity index (χ1v) is 8.77. The van der Waals surface area contributed by atoms with Gasteiger partial charge in [0.25, 0.3) is 0 Å². The summed E-state index contributed by atoms with van der Waals surface area (Å²) in [6.07, 6.45) is 5.22. The summed E-state index contributed by atoms with van der Waals surface area (Å²) in [4.78, 5) is 0.344. The van der Waals surface area contributed by atoms with E-state index in [4.69, 9.17) is 4.74 Å². The molecular weight excluding hydrogens is 274 g/mol. The van der Waals surface area contributed by atoms with Crippen molar-refractivity contribution in [3.8, 4) is 0 Å². The fourth-order valence-corrected chi connectivity index (χ4v) is 2.91. The zero-order chi connectivity index (χ0) is 14.6. The fraction of sp³-hybridized carbons (Fsp3) is 0.467. The van der Waals surface area contributed by atoms with Crippen molar-refractivity contribution in [1.29, 1.82) is 0 Å². The van der Waals surface area contributed by atoms with E-state index in [0.717, 1.165) is 30.7 Å². The topological polar surface area (TPSA) is 55.4 Å². The molecule has 0 radical (unpaired) electrons. The third-order valence-electron chi connectivity index (χ3n) is 3.23. The first-order valence-electron chi connectivity index (χ1n) is 6.88. The van der Waals surface area contributed by atoms with Gasteiger partial charge < -0.3 is 10.1 Å². The molecule has 1 atom stereocenters. The van der Waals surface area contributed by atoms with Crippen LogP contribution in [0.3, 0.4) is 0 Å². The molecule has 5 heteroatoms. The van der Waals surface area contributed by atoms with Gasteiger partial charge in [-0.1, -0.05) is 19.1 Å². The normalized spacial score (nSPS) is 16.6. The Morgan fingerprint density at radius 2 is 2.20 bits per heavy atom. The van der Waals surface area contributed by atoms with Crippen molar-refractivity contribution in [2.24, 2.45) is 0 Å². The third-order valence-corrected chi connectivity index (χ3v) is 4.34. The van der Waals surface area contributed by atoms with E-state index in [9.17, 15) is 8.42 Å². The molecule has 1 unspecified atom stereocenters. The number of ether oxygens (including phenoxy) is 1. The van der Waals surface area contributed by atoms with Gasteiger partial charge in [0.2, 0.25) is 0 Å². The largest absolute Gasteiger partial charge is 0.496 e. The Bertz CT molecular complexity index is 593. The number of nitrogens with one attached hydrogen (secondary N) is 1. The summed E-state index contributed by atoms with van der Waals surface area (Å²) in [5.74, 6) is 0.893. The van der Waals surface area contributed by atoms with Crippen LogP contribution in [0.15, 0.2) is 41.0 Å². The molecule has 0 bridgehead atoms. The van der Waals surface area contributed by atoms with E-state index in [1.165, 1.54) is 6.26 Å². The number of sulfone groups is 1. The molecular formula is C15H21NO3S. The third kappa shape index (κ3) is 3.61. The Morgan fingerprint density at radius 1 is 1.40 bits per heavy atom. The molecule has 1 aromatic carbocycles. The monoisotopic (exact) mass is 295 g/mol. The van der Waals surface area contributed by atoms with Crippen LogP contribution < -0.4 is 5.32 Å².